The Morgan fingerprint density at radius 2 is 2.06 bits per heavy atom. The van der Waals surface area contributed by atoms with Gasteiger partial charge in [0.1, 0.15) is 5.82 Å². The van der Waals surface area contributed by atoms with Crippen LogP contribution in [-0.2, 0) is 27.7 Å². The minimum Gasteiger partial charge on any atom is -0.383 e. The van der Waals surface area contributed by atoms with Crippen molar-refractivity contribution in [3.8, 4) is 0 Å². The van der Waals surface area contributed by atoms with Crippen LogP contribution in [0.4, 0.5) is 0 Å². The van der Waals surface area contributed by atoms with E-state index in [1.54, 1.807) is 7.11 Å². The summed E-state index contributed by atoms with van der Waals surface area (Å²) in [6.45, 7) is 2.88. The number of primary sulfonamides is 1. The molecule has 8 heteroatoms. The molecule has 0 aliphatic rings. The molecule has 0 radical (unpaired) electrons. The van der Waals surface area contributed by atoms with Gasteiger partial charge in [-0.1, -0.05) is 19.8 Å². The molecule has 1 aromatic heterocycles. The van der Waals surface area contributed by atoms with Crippen LogP contribution in [0.15, 0.2) is 5.16 Å². The van der Waals surface area contributed by atoms with Gasteiger partial charge < -0.3 is 4.74 Å². The first-order valence-electron chi connectivity index (χ1n) is 5.94. The van der Waals surface area contributed by atoms with E-state index in [-0.39, 0.29) is 5.16 Å². The summed E-state index contributed by atoms with van der Waals surface area (Å²) in [6, 6.07) is 0. The highest BCUT2D eigenvalue weighted by molar-refractivity contribution is 7.89. The highest BCUT2D eigenvalue weighted by Crippen LogP contribution is 2.10. The summed E-state index contributed by atoms with van der Waals surface area (Å²) < 4.78 is 29.2. The first kappa shape index (κ1) is 15.1. The average molecular weight is 276 g/mol. The van der Waals surface area contributed by atoms with Crippen molar-refractivity contribution in [3.05, 3.63) is 5.82 Å². The van der Waals surface area contributed by atoms with E-state index in [1.165, 1.54) is 4.57 Å². The molecule has 0 amide bonds. The number of rotatable bonds is 8. The van der Waals surface area contributed by atoms with Gasteiger partial charge >= 0.3 is 0 Å². The summed E-state index contributed by atoms with van der Waals surface area (Å²) in [5, 5.41) is 12.5. The molecule has 18 heavy (non-hydrogen) atoms. The molecule has 1 rings (SSSR count). The Morgan fingerprint density at radius 1 is 1.33 bits per heavy atom. The van der Waals surface area contributed by atoms with Gasteiger partial charge in [-0.3, -0.25) is 4.57 Å². The summed E-state index contributed by atoms with van der Waals surface area (Å²) in [7, 11) is -2.29. The number of ether oxygens (including phenoxy) is 1. The number of unbranched alkanes of at least 4 members (excludes halogenated alkanes) is 2. The topological polar surface area (TPSA) is 100 Å². The molecular formula is C10H20N4O3S. The summed E-state index contributed by atoms with van der Waals surface area (Å²) >= 11 is 0. The SMILES string of the molecule is CCCCCc1nnc(S(N)(=O)=O)n1CCOC. The van der Waals surface area contributed by atoms with Gasteiger partial charge in [-0.2, -0.15) is 0 Å². The smallest absolute Gasteiger partial charge is 0.273 e. The summed E-state index contributed by atoms with van der Waals surface area (Å²) in [4.78, 5) is 0. The van der Waals surface area contributed by atoms with Gasteiger partial charge in [0.15, 0.2) is 0 Å². The predicted octanol–water partition coefficient (Wildman–Crippen LogP) is 0.305. The highest BCUT2D eigenvalue weighted by Gasteiger charge is 2.20. The van der Waals surface area contributed by atoms with E-state index in [2.05, 4.69) is 17.1 Å². The zero-order chi connectivity index (χ0) is 13.6. The number of nitrogens with zero attached hydrogens (tertiary/aromatic N) is 3. The predicted molar refractivity (Wildman–Crippen MR) is 66.5 cm³/mol. The number of sulfonamides is 1. The van der Waals surface area contributed by atoms with Crippen LogP contribution in [0.25, 0.3) is 0 Å². The summed E-state index contributed by atoms with van der Waals surface area (Å²) in [5.74, 6) is 0.643. The maximum absolute atomic E-state index is 11.4. The molecule has 0 bridgehead atoms. The normalized spacial score (nSPS) is 11.9. The van der Waals surface area contributed by atoms with Crippen molar-refractivity contribution < 1.29 is 13.2 Å². The van der Waals surface area contributed by atoms with E-state index >= 15 is 0 Å². The van der Waals surface area contributed by atoms with Gasteiger partial charge in [0.05, 0.1) is 6.61 Å². The molecule has 0 atom stereocenters. The van der Waals surface area contributed by atoms with Crippen LogP contribution in [0.2, 0.25) is 0 Å². The number of aromatic nitrogens is 3. The van der Waals surface area contributed by atoms with Gasteiger partial charge in [0, 0.05) is 20.1 Å². The van der Waals surface area contributed by atoms with Gasteiger partial charge in [-0.25, -0.2) is 13.6 Å². The molecular weight excluding hydrogens is 256 g/mol. The van der Waals surface area contributed by atoms with E-state index in [1.807, 2.05) is 0 Å². The quantitative estimate of drug-likeness (QED) is 0.688. The molecule has 0 saturated heterocycles. The third-order valence-corrected chi connectivity index (χ3v) is 3.38. The Balaban J connectivity index is 2.92. The van der Waals surface area contributed by atoms with Crippen molar-refractivity contribution in [1.29, 1.82) is 0 Å². The molecule has 2 N–H and O–H groups in total. The third kappa shape index (κ3) is 4.04. The number of nitrogens with two attached hydrogens (primary N) is 1. The number of hydrogen-bond acceptors (Lipinski definition) is 5. The molecule has 1 heterocycles. The molecule has 1 aromatic rings. The summed E-state index contributed by atoms with van der Waals surface area (Å²) in [5.41, 5.74) is 0. The van der Waals surface area contributed by atoms with Crippen molar-refractivity contribution in [2.45, 2.75) is 44.3 Å². The third-order valence-electron chi connectivity index (χ3n) is 2.57. The molecule has 0 aliphatic carbocycles. The first-order valence-corrected chi connectivity index (χ1v) is 7.49. The number of hydrogen-bond donors (Lipinski definition) is 1. The highest BCUT2D eigenvalue weighted by atomic mass is 32.2. The zero-order valence-corrected chi connectivity index (χ0v) is 11.6. The molecule has 0 fully saturated rings. The molecule has 0 saturated carbocycles. The molecule has 0 aromatic carbocycles. The largest absolute Gasteiger partial charge is 0.383 e. The fraction of sp³-hybridized carbons (Fsp3) is 0.800. The van der Waals surface area contributed by atoms with E-state index in [0.717, 1.165) is 19.3 Å². The molecule has 7 nitrogen and oxygen atoms in total. The van der Waals surface area contributed by atoms with Crippen molar-refractivity contribution in [1.82, 2.24) is 14.8 Å². The van der Waals surface area contributed by atoms with Crippen molar-refractivity contribution >= 4 is 10.0 Å². The number of methoxy groups -OCH3 is 1. The van der Waals surface area contributed by atoms with Crippen LogP contribution < -0.4 is 5.14 Å². The van der Waals surface area contributed by atoms with Crippen LogP contribution in [0, 0.1) is 0 Å². The van der Waals surface area contributed by atoms with Crippen molar-refractivity contribution in [2.24, 2.45) is 5.14 Å². The van der Waals surface area contributed by atoms with Gasteiger partial charge in [0.25, 0.3) is 15.2 Å². The zero-order valence-electron chi connectivity index (χ0n) is 10.8. The Labute approximate surface area is 107 Å². The lowest BCUT2D eigenvalue weighted by Gasteiger charge is -2.08. The van der Waals surface area contributed by atoms with Crippen LogP contribution in [0.1, 0.15) is 32.0 Å². The Bertz CT molecular complexity index is 469. The van der Waals surface area contributed by atoms with E-state index in [0.29, 0.717) is 25.4 Å². The minimum atomic E-state index is -3.84. The van der Waals surface area contributed by atoms with Crippen LogP contribution in [-0.4, -0.2) is 36.9 Å². The van der Waals surface area contributed by atoms with Gasteiger partial charge in [0.2, 0.25) is 0 Å². The van der Waals surface area contributed by atoms with Crippen LogP contribution in [0.3, 0.4) is 0 Å². The fourth-order valence-corrected chi connectivity index (χ4v) is 2.31. The molecule has 0 aliphatic heterocycles. The maximum atomic E-state index is 11.4. The van der Waals surface area contributed by atoms with Crippen molar-refractivity contribution in [2.75, 3.05) is 13.7 Å². The maximum Gasteiger partial charge on any atom is 0.273 e. The lowest BCUT2D eigenvalue weighted by atomic mass is 10.2. The Hall–Kier alpha value is -0.990. The van der Waals surface area contributed by atoms with Gasteiger partial charge in [-0.05, 0) is 6.42 Å². The van der Waals surface area contributed by atoms with Crippen molar-refractivity contribution in [3.63, 3.8) is 0 Å². The lowest BCUT2D eigenvalue weighted by molar-refractivity contribution is 0.183. The van der Waals surface area contributed by atoms with E-state index in [4.69, 9.17) is 9.88 Å². The first-order chi connectivity index (χ1) is 8.50. The molecule has 0 spiro atoms. The second-order valence-corrected chi connectivity index (χ2v) is 5.50. The Kier molecular flexibility index (Phi) is 5.70. The summed E-state index contributed by atoms with van der Waals surface area (Å²) in [6.07, 6.45) is 3.81. The second-order valence-electron chi connectivity index (χ2n) is 4.05. The molecule has 0 unspecified atom stereocenters. The van der Waals surface area contributed by atoms with Crippen LogP contribution in [0.5, 0.6) is 0 Å². The van der Waals surface area contributed by atoms with Crippen LogP contribution >= 0.6 is 0 Å². The second kappa shape index (κ2) is 6.81. The monoisotopic (exact) mass is 276 g/mol. The lowest BCUT2D eigenvalue weighted by Crippen LogP contribution is -2.21. The fourth-order valence-electron chi connectivity index (χ4n) is 1.65. The van der Waals surface area contributed by atoms with E-state index < -0.39 is 10.0 Å². The van der Waals surface area contributed by atoms with E-state index in [9.17, 15) is 8.42 Å². The standard InChI is InChI=1S/C10H20N4O3S/c1-3-4-5-6-9-12-13-10(18(11,15)16)14(9)7-8-17-2/h3-8H2,1-2H3,(H2,11,15,16). The molecule has 104 valence electrons. The Morgan fingerprint density at radius 3 is 2.61 bits per heavy atom. The van der Waals surface area contributed by atoms with Gasteiger partial charge in [-0.15, -0.1) is 10.2 Å². The minimum absolute atomic E-state index is 0.189. The average Bonchev–Trinajstić information content (AvgIpc) is 2.69. The number of aryl methyl sites for hydroxylation is 1.